The molecule has 0 spiro atoms. The summed E-state index contributed by atoms with van der Waals surface area (Å²) in [5, 5.41) is 10.3. The number of aryl methyl sites for hydroxylation is 2. The van der Waals surface area contributed by atoms with Crippen molar-refractivity contribution in [3.05, 3.63) is 41.5 Å². The van der Waals surface area contributed by atoms with Crippen molar-refractivity contribution < 1.29 is 9.50 Å². The molecule has 0 amide bonds. The number of rotatable bonds is 4. The highest BCUT2D eigenvalue weighted by Crippen LogP contribution is 2.19. The van der Waals surface area contributed by atoms with Gasteiger partial charge in [0.05, 0.1) is 36.6 Å². The van der Waals surface area contributed by atoms with Gasteiger partial charge in [0.2, 0.25) is 0 Å². The van der Waals surface area contributed by atoms with E-state index in [-0.39, 0.29) is 5.83 Å². The molecule has 0 aliphatic carbocycles. The van der Waals surface area contributed by atoms with Crippen molar-refractivity contribution in [3.8, 4) is 0 Å². The molecule has 1 aromatic carbocycles. The molecule has 0 saturated carbocycles. The maximum Gasteiger partial charge on any atom is 0.110 e. The molecule has 1 atom stereocenters. The smallest absolute Gasteiger partial charge is 0.110 e. The molecule has 1 aliphatic rings. The molecule has 1 aliphatic heterocycles. The number of aromatic nitrogens is 2. The monoisotopic (exact) mass is 303 g/mol. The molecule has 0 fully saturated rings. The molecule has 3 rings (SSSR count). The Labute approximate surface area is 129 Å². The number of hydrogen-bond donors (Lipinski definition) is 1. The van der Waals surface area contributed by atoms with E-state index in [1.165, 1.54) is 11.1 Å². The van der Waals surface area contributed by atoms with Crippen LogP contribution in [0, 0.1) is 13.8 Å². The van der Waals surface area contributed by atoms with Crippen molar-refractivity contribution in [1.82, 2.24) is 14.5 Å². The summed E-state index contributed by atoms with van der Waals surface area (Å²) in [6, 6.07) is 4.17. The van der Waals surface area contributed by atoms with Crippen LogP contribution in [0.5, 0.6) is 0 Å². The highest BCUT2D eigenvalue weighted by molar-refractivity contribution is 5.77. The number of hydrogen-bond acceptors (Lipinski definition) is 3. The molecule has 1 unspecified atom stereocenters. The highest BCUT2D eigenvalue weighted by Gasteiger charge is 2.17. The molecular formula is C17H22FN3O. The second-order valence-corrected chi connectivity index (χ2v) is 6.15. The molecule has 22 heavy (non-hydrogen) atoms. The number of aliphatic hydroxyl groups excluding tert-OH is 1. The fourth-order valence-electron chi connectivity index (χ4n) is 2.96. The number of aliphatic hydroxyl groups is 1. The summed E-state index contributed by atoms with van der Waals surface area (Å²) in [6.07, 6.45) is 3.57. The third-order valence-electron chi connectivity index (χ3n) is 4.30. The van der Waals surface area contributed by atoms with Gasteiger partial charge in [0.15, 0.2) is 0 Å². The number of β-amino-alcohol motifs (C(OH)–C–C–N with tert-alkyl or cyclic N) is 1. The lowest BCUT2D eigenvalue weighted by atomic mass is 10.1. The Morgan fingerprint density at radius 1 is 1.27 bits per heavy atom. The van der Waals surface area contributed by atoms with E-state index < -0.39 is 6.10 Å². The molecule has 0 bridgehead atoms. The Bertz CT molecular complexity index is 707. The van der Waals surface area contributed by atoms with Crippen molar-refractivity contribution >= 4 is 11.0 Å². The van der Waals surface area contributed by atoms with E-state index in [4.69, 9.17) is 0 Å². The van der Waals surface area contributed by atoms with E-state index in [9.17, 15) is 9.50 Å². The maximum absolute atomic E-state index is 13.3. The van der Waals surface area contributed by atoms with Crippen molar-refractivity contribution in [2.75, 3.05) is 19.6 Å². The van der Waals surface area contributed by atoms with Crippen LogP contribution in [0.15, 0.2) is 30.4 Å². The predicted octanol–water partition coefficient (Wildman–Crippen LogP) is 2.57. The SMILES string of the molecule is Cc1cc2ncn(CC(O)CN3CCC=C(F)C3)c2cc1C. The first-order chi connectivity index (χ1) is 10.5. The second-order valence-electron chi connectivity index (χ2n) is 6.15. The van der Waals surface area contributed by atoms with Crippen LogP contribution < -0.4 is 0 Å². The van der Waals surface area contributed by atoms with Crippen LogP contribution >= 0.6 is 0 Å². The first kappa shape index (κ1) is 15.2. The van der Waals surface area contributed by atoms with Crippen LogP contribution in [0.4, 0.5) is 4.39 Å². The Hall–Kier alpha value is -1.72. The van der Waals surface area contributed by atoms with E-state index in [0.29, 0.717) is 26.1 Å². The minimum atomic E-state index is -0.537. The second kappa shape index (κ2) is 6.18. The average molecular weight is 303 g/mol. The summed E-state index contributed by atoms with van der Waals surface area (Å²) in [5.74, 6) is -0.0994. The van der Waals surface area contributed by atoms with Crippen LogP contribution in [-0.2, 0) is 6.54 Å². The van der Waals surface area contributed by atoms with Gasteiger partial charge in [-0.2, -0.15) is 0 Å². The summed E-state index contributed by atoms with van der Waals surface area (Å²) in [6.45, 7) is 6.20. The van der Waals surface area contributed by atoms with Crippen molar-refractivity contribution in [3.63, 3.8) is 0 Å². The highest BCUT2D eigenvalue weighted by atomic mass is 19.1. The molecule has 1 N–H and O–H groups in total. The van der Waals surface area contributed by atoms with Gasteiger partial charge in [0, 0.05) is 13.1 Å². The molecule has 5 heteroatoms. The van der Waals surface area contributed by atoms with Gasteiger partial charge in [0.25, 0.3) is 0 Å². The quantitative estimate of drug-likeness (QED) is 0.944. The molecule has 1 aromatic heterocycles. The number of halogens is 1. The van der Waals surface area contributed by atoms with Crippen LogP contribution in [-0.4, -0.2) is 45.3 Å². The predicted molar refractivity (Wildman–Crippen MR) is 85.5 cm³/mol. The zero-order chi connectivity index (χ0) is 15.7. The average Bonchev–Trinajstić information content (AvgIpc) is 2.81. The lowest BCUT2D eigenvalue weighted by Crippen LogP contribution is -2.37. The Balaban J connectivity index is 1.70. The van der Waals surface area contributed by atoms with E-state index >= 15 is 0 Å². The summed E-state index contributed by atoms with van der Waals surface area (Å²) in [4.78, 5) is 6.35. The molecule has 0 radical (unpaired) electrons. The van der Waals surface area contributed by atoms with Crippen molar-refractivity contribution in [1.29, 1.82) is 0 Å². The lowest BCUT2D eigenvalue weighted by Gasteiger charge is -2.26. The molecule has 118 valence electrons. The zero-order valence-corrected chi connectivity index (χ0v) is 13.1. The molecule has 0 saturated heterocycles. The van der Waals surface area contributed by atoms with Crippen molar-refractivity contribution in [2.45, 2.75) is 32.9 Å². The van der Waals surface area contributed by atoms with E-state index in [0.717, 1.165) is 17.6 Å². The number of nitrogens with zero attached hydrogens (tertiary/aromatic N) is 3. The topological polar surface area (TPSA) is 41.3 Å². The fourth-order valence-corrected chi connectivity index (χ4v) is 2.96. The number of imidazole rings is 1. The van der Waals surface area contributed by atoms with E-state index in [2.05, 4.69) is 31.0 Å². The standard InChI is InChI=1S/C17H22FN3O/c1-12-6-16-17(7-13(12)2)21(11-19-16)10-15(22)9-20-5-3-4-14(18)8-20/h4,6-7,11,15,22H,3,5,8-10H2,1-2H3. The van der Waals surface area contributed by atoms with Crippen LogP contribution in [0.1, 0.15) is 17.5 Å². The number of fused-ring (bicyclic) bond motifs is 1. The molecule has 2 heterocycles. The van der Waals surface area contributed by atoms with Gasteiger partial charge >= 0.3 is 0 Å². The van der Waals surface area contributed by atoms with E-state index in [1.54, 1.807) is 12.4 Å². The molecule has 4 nitrogen and oxygen atoms in total. The van der Waals surface area contributed by atoms with Gasteiger partial charge in [-0.25, -0.2) is 9.37 Å². The summed E-state index contributed by atoms with van der Waals surface area (Å²) < 4.78 is 15.2. The minimum Gasteiger partial charge on any atom is -0.390 e. The Morgan fingerprint density at radius 3 is 2.82 bits per heavy atom. The van der Waals surface area contributed by atoms with Gasteiger partial charge < -0.3 is 9.67 Å². The maximum atomic E-state index is 13.3. The minimum absolute atomic E-state index is 0.0994. The Morgan fingerprint density at radius 2 is 2.05 bits per heavy atom. The summed E-state index contributed by atoms with van der Waals surface area (Å²) in [5.41, 5.74) is 4.41. The van der Waals surface area contributed by atoms with Crippen LogP contribution in [0.2, 0.25) is 0 Å². The zero-order valence-electron chi connectivity index (χ0n) is 13.1. The van der Waals surface area contributed by atoms with Gasteiger partial charge in [-0.1, -0.05) is 6.08 Å². The lowest BCUT2D eigenvalue weighted by molar-refractivity contribution is 0.0987. The van der Waals surface area contributed by atoms with Gasteiger partial charge in [-0.15, -0.1) is 0 Å². The fraction of sp³-hybridized carbons (Fsp3) is 0.471. The largest absolute Gasteiger partial charge is 0.390 e. The van der Waals surface area contributed by atoms with E-state index in [1.807, 2.05) is 9.47 Å². The number of benzene rings is 1. The van der Waals surface area contributed by atoms with Gasteiger partial charge in [-0.05, 0) is 43.5 Å². The van der Waals surface area contributed by atoms with Crippen molar-refractivity contribution in [2.24, 2.45) is 0 Å². The Kier molecular flexibility index (Phi) is 4.27. The third-order valence-corrected chi connectivity index (χ3v) is 4.30. The van der Waals surface area contributed by atoms with Crippen LogP contribution in [0.3, 0.4) is 0 Å². The first-order valence-electron chi connectivity index (χ1n) is 7.70. The van der Waals surface area contributed by atoms with Gasteiger partial charge in [0.1, 0.15) is 5.83 Å². The first-order valence-corrected chi connectivity index (χ1v) is 7.70. The normalized spacial score (nSPS) is 17.7. The van der Waals surface area contributed by atoms with Crippen LogP contribution in [0.25, 0.3) is 11.0 Å². The summed E-state index contributed by atoms with van der Waals surface area (Å²) in [7, 11) is 0. The molecular weight excluding hydrogens is 281 g/mol. The summed E-state index contributed by atoms with van der Waals surface area (Å²) >= 11 is 0. The third kappa shape index (κ3) is 3.20. The van der Waals surface area contributed by atoms with Gasteiger partial charge in [-0.3, -0.25) is 4.90 Å². The molecule has 2 aromatic rings.